The van der Waals surface area contributed by atoms with E-state index < -0.39 is 24.0 Å². The molecule has 0 bridgehead atoms. The molecular formula is C17H30O6. The van der Waals surface area contributed by atoms with Crippen LogP contribution in [0.2, 0.25) is 0 Å². The maximum Gasteiger partial charge on any atom is 0.193 e. The lowest BCUT2D eigenvalue weighted by Crippen LogP contribution is -2.65. The van der Waals surface area contributed by atoms with Crippen LogP contribution in [0.15, 0.2) is 0 Å². The average Bonchev–Trinajstić information content (AvgIpc) is 2.59. The first-order valence-electron chi connectivity index (χ1n) is 8.89. The second-order valence-electron chi connectivity index (χ2n) is 7.60. The van der Waals surface area contributed by atoms with E-state index in [2.05, 4.69) is 0 Å². The Labute approximate surface area is 137 Å². The van der Waals surface area contributed by atoms with Crippen molar-refractivity contribution in [2.75, 3.05) is 13.2 Å². The smallest absolute Gasteiger partial charge is 0.193 e. The fourth-order valence-corrected chi connectivity index (χ4v) is 4.63. The molecule has 134 valence electrons. The molecule has 3 N–H and O–H groups in total. The molecule has 4 unspecified atom stereocenters. The summed E-state index contributed by atoms with van der Waals surface area (Å²) in [5.74, 6) is -1.13. The Kier molecular flexibility index (Phi) is 5.03. The first-order valence-corrected chi connectivity index (χ1v) is 8.89. The third-order valence-electron chi connectivity index (χ3n) is 5.92. The summed E-state index contributed by atoms with van der Waals surface area (Å²) >= 11 is 0. The summed E-state index contributed by atoms with van der Waals surface area (Å²) in [5.41, 5.74) is -1.06. The van der Waals surface area contributed by atoms with E-state index in [-0.39, 0.29) is 24.4 Å². The highest BCUT2D eigenvalue weighted by Gasteiger charge is 2.62. The predicted octanol–water partition coefficient (Wildman–Crippen LogP) is 1.37. The zero-order valence-corrected chi connectivity index (χ0v) is 14.1. The van der Waals surface area contributed by atoms with Crippen LogP contribution in [-0.2, 0) is 14.2 Å². The van der Waals surface area contributed by atoms with E-state index in [1.807, 2.05) is 6.92 Å². The van der Waals surface area contributed by atoms with Gasteiger partial charge >= 0.3 is 0 Å². The Morgan fingerprint density at radius 2 is 2.00 bits per heavy atom. The molecule has 3 fully saturated rings. The molecule has 0 aromatic rings. The Morgan fingerprint density at radius 3 is 2.74 bits per heavy atom. The van der Waals surface area contributed by atoms with Crippen LogP contribution < -0.4 is 0 Å². The molecule has 1 saturated carbocycles. The zero-order valence-electron chi connectivity index (χ0n) is 14.1. The highest BCUT2D eigenvalue weighted by atomic mass is 16.8. The van der Waals surface area contributed by atoms with Gasteiger partial charge in [-0.05, 0) is 38.5 Å². The third-order valence-corrected chi connectivity index (χ3v) is 5.92. The highest BCUT2D eigenvalue weighted by Crippen LogP contribution is 2.54. The third kappa shape index (κ3) is 3.17. The van der Waals surface area contributed by atoms with E-state index in [1.54, 1.807) is 6.92 Å². The summed E-state index contributed by atoms with van der Waals surface area (Å²) < 4.78 is 17.5. The van der Waals surface area contributed by atoms with Crippen LogP contribution in [0.25, 0.3) is 0 Å². The molecule has 0 aromatic heterocycles. The number of hydrogen-bond donors (Lipinski definition) is 3. The van der Waals surface area contributed by atoms with Crippen molar-refractivity contribution in [3.05, 3.63) is 0 Å². The van der Waals surface area contributed by atoms with E-state index >= 15 is 0 Å². The molecule has 2 heterocycles. The highest BCUT2D eigenvalue weighted by molar-refractivity contribution is 5.05. The number of ether oxygens (including phenoxy) is 3. The SMILES string of the molecule is C[C@H]1C(OCCCO)O[C@@H]2OC(C)(O)CCC3CCCC1[C@]32O. The van der Waals surface area contributed by atoms with Crippen molar-refractivity contribution in [3.8, 4) is 0 Å². The minimum atomic E-state index is -1.29. The molecule has 0 spiro atoms. The van der Waals surface area contributed by atoms with Crippen LogP contribution in [0.1, 0.15) is 52.4 Å². The van der Waals surface area contributed by atoms with Gasteiger partial charge in [0.25, 0.3) is 0 Å². The number of aliphatic hydroxyl groups is 3. The van der Waals surface area contributed by atoms with Crippen LogP contribution in [-0.4, -0.2) is 52.5 Å². The van der Waals surface area contributed by atoms with Crippen molar-refractivity contribution < 1.29 is 29.5 Å². The van der Waals surface area contributed by atoms with Gasteiger partial charge in [-0.15, -0.1) is 0 Å². The Bertz CT molecular complexity index is 414. The second kappa shape index (κ2) is 6.58. The number of hydrogen-bond acceptors (Lipinski definition) is 6. The molecule has 3 rings (SSSR count). The van der Waals surface area contributed by atoms with E-state index in [0.717, 1.165) is 25.7 Å². The van der Waals surface area contributed by atoms with Gasteiger partial charge in [0, 0.05) is 24.9 Å². The molecular weight excluding hydrogens is 300 g/mol. The topological polar surface area (TPSA) is 88.4 Å². The molecule has 7 atom stereocenters. The van der Waals surface area contributed by atoms with Crippen LogP contribution in [0.5, 0.6) is 0 Å². The van der Waals surface area contributed by atoms with Gasteiger partial charge in [-0.3, -0.25) is 0 Å². The van der Waals surface area contributed by atoms with Gasteiger partial charge in [0.1, 0.15) is 5.60 Å². The summed E-state index contributed by atoms with van der Waals surface area (Å²) in [6.45, 7) is 4.16. The Hall–Kier alpha value is -0.240. The average molecular weight is 330 g/mol. The van der Waals surface area contributed by atoms with Crippen molar-refractivity contribution in [2.24, 2.45) is 17.8 Å². The van der Waals surface area contributed by atoms with Crippen LogP contribution >= 0.6 is 0 Å². The zero-order chi connectivity index (χ0) is 16.7. The van der Waals surface area contributed by atoms with Crippen molar-refractivity contribution in [2.45, 2.75) is 76.3 Å². The van der Waals surface area contributed by atoms with Crippen molar-refractivity contribution >= 4 is 0 Å². The minimum absolute atomic E-state index is 0.0352. The van der Waals surface area contributed by atoms with E-state index in [9.17, 15) is 10.2 Å². The molecule has 1 aliphatic carbocycles. The van der Waals surface area contributed by atoms with Gasteiger partial charge in [-0.25, -0.2) is 0 Å². The lowest BCUT2D eigenvalue weighted by atomic mass is 9.61. The molecule has 0 radical (unpaired) electrons. The van der Waals surface area contributed by atoms with Crippen LogP contribution in [0, 0.1) is 17.8 Å². The van der Waals surface area contributed by atoms with Crippen molar-refractivity contribution in [1.82, 2.24) is 0 Å². The minimum Gasteiger partial charge on any atom is -0.396 e. The Balaban J connectivity index is 1.84. The Morgan fingerprint density at radius 1 is 1.22 bits per heavy atom. The van der Waals surface area contributed by atoms with Gasteiger partial charge < -0.3 is 29.5 Å². The first kappa shape index (κ1) is 17.6. The molecule has 6 heteroatoms. The van der Waals surface area contributed by atoms with Crippen LogP contribution in [0.4, 0.5) is 0 Å². The molecule has 23 heavy (non-hydrogen) atoms. The van der Waals surface area contributed by atoms with Crippen molar-refractivity contribution in [1.29, 1.82) is 0 Å². The van der Waals surface area contributed by atoms with Gasteiger partial charge in [0.15, 0.2) is 18.4 Å². The summed E-state index contributed by atoms with van der Waals surface area (Å²) in [7, 11) is 0. The standard InChI is InChI=1S/C17H30O6/c1-11-13-6-3-5-12-7-8-16(2,19)23-15(17(12,13)20)22-14(11)21-10-4-9-18/h11-15,18-20H,3-10H2,1-2H3/t11-,12?,13?,14?,15-,16?,17-/m1/s1. The molecule has 0 aromatic carbocycles. The lowest BCUT2D eigenvalue weighted by Gasteiger charge is -2.55. The van der Waals surface area contributed by atoms with Crippen LogP contribution in [0.3, 0.4) is 0 Å². The molecule has 2 aliphatic heterocycles. The molecule has 2 saturated heterocycles. The van der Waals surface area contributed by atoms with Crippen molar-refractivity contribution in [3.63, 3.8) is 0 Å². The van der Waals surface area contributed by atoms with E-state index in [1.165, 1.54) is 0 Å². The maximum atomic E-state index is 11.5. The molecule has 3 aliphatic rings. The maximum absolute atomic E-state index is 11.5. The molecule has 0 amide bonds. The largest absolute Gasteiger partial charge is 0.396 e. The summed E-state index contributed by atoms with van der Waals surface area (Å²) in [5, 5.41) is 30.8. The fraction of sp³-hybridized carbons (Fsp3) is 1.00. The van der Waals surface area contributed by atoms with Gasteiger partial charge in [0.05, 0.1) is 6.61 Å². The first-order chi connectivity index (χ1) is 10.9. The molecule has 6 nitrogen and oxygen atoms in total. The second-order valence-corrected chi connectivity index (χ2v) is 7.60. The quantitative estimate of drug-likeness (QED) is 0.675. The van der Waals surface area contributed by atoms with Gasteiger partial charge in [-0.1, -0.05) is 13.3 Å². The lowest BCUT2D eigenvalue weighted by molar-refractivity contribution is -0.406. The van der Waals surface area contributed by atoms with E-state index in [0.29, 0.717) is 19.4 Å². The summed E-state index contributed by atoms with van der Waals surface area (Å²) in [6.07, 6.45) is 3.36. The van der Waals surface area contributed by atoms with Gasteiger partial charge in [-0.2, -0.15) is 0 Å². The fourth-order valence-electron chi connectivity index (χ4n) is 4.63. The summed E-state index contributed by atoms with van der Waals surface area (Å²) in [4.78, 5) is 0. The van der Waals surface area contributed by atoms with E-state index in [4.69, 9.17) is 19.3 Å². The monoisotopic (exact) mass is 330 g/mol. The summed E-state index contributed by atoms with van der Waals surface area (Å²) in [6, 6.07) is 0. The normalized spacial score (nSPS) is 50.2. The number of rotatable bonds is 4. The number of aliphatic hydroxyl groups excluding tert-OH is 1. The van der Waals surface area contributed by atoms with Gasteiger partial charge in [0.2, 0.25) is 0 Å². The predicted molar refractivity (Wildman–Crippen MR) is 82.2 cm³/mol.